The van der Waals surface area contributed by atoms with Gasteiger partial charge in [-0.3, -0.25) is 19.2 Å². The first-order chi connectivity index (χ1) is 19.1. The quantitative estimate of drug-likeness (QED) is 0.127. The van der Waals surface area contributed by atoms with Crippen LogP contribution in [0.15, 0.2) is 30.5 Å². The number of H-pyrrole nitrogens is 1. The number of hydrogen-bond donors (Lipinski definition) is 7. The first-order valence-corrected chi connectivity index (χ1v) is 15.6. The van der Waals surface area contributed by atoms with Gasteiger partial charge < -0.3 is 37.5 Å². The molecule has 0 radical (unpaired) electrons. The average molecular weight is 595 g/mol. The van der Waals surface area contributed by atoms with Gasteiger partial charge in [-0.1, -0.05) is 18.2 Å². The van der Waals surface area contributed by atoms with Crippen LogP contribution < -0.4 is 27.4 Å². The maximum absolute atomic E-state index is 13.5. The second-order valence-corrected chi connectivity index (χ2v) is 11.2. The Morgan fingerprint density at radius 1 is 0.875 bits per heavy atom. The molecule has 0 saturated carbocycles. The number of para-hydroxylation sites is 1. The van der Waals surface area contributed by atoms with Crippen molar-refractivity contribution in [2.75, 3.05) is 24.0 Å². The molecule has 0 spiro atoms. The molecular weight excluding hydrogens is 556 g/mol. The molecule has 1 aromatic heterocycles. The van der Waals surface area contributed by atoms with Crippen molar-refractivity contribution < 1.29 is 29.1 Å². The standard InChI is InChI=1S/C26H38N6O6S2/c1-39-11-9-17(27)23(34)32-21(13-15-14-29-18-6-4-3-5-16(15)18)25(36)30-19(10-12-40-2)24(35)31-20(26(37)38)7-8-22(28)33/h3-6,14,17,19-21,29H,7-13,27H2,1-2H3,(H2,28,33)(H,30,36)(H,31,35)(H,32,34)(H,37,38). The summed E-state index contributed by atoms with van der Waals surface area (Å²) in [6.07, 6.45) is 5.85. The Balaban J connectivity index is 2.26. The van der Waals surface area contributed by atoms with Gasteiger partial charge in [0, 0.05) is 29.9 Å². The summed E-state index contributed by atoms with van der Waals surface area (Å²) >= 11 is 3.00. The molecule has 2 aromatic rings. The van der Waals surface area contributed by atoms with Crippen LogP contribution in [0.4, 0.5) is 0 Å². The Hall–Kier alpha value is -3.23. The Bertz CT molecular complexity index is 1180. The van der Waals surface area contributed by atoms with E-state index in [0.29, 0.717) is 17.9 Å². The van der Waals surface area contributed by atoms with Crippen LogP contribution in [0.25, 0.3) is 10.9 Å². The zero-order chi connectivity index (χ0) is 29.7. The number of benzene rings is 1. The fourth-order valence-corrected chi connectivity index (χ4v) is 4.94. The first kappa shape index (κ1) is 33.0. The van der Waals surface area contributed by atoms with E-state index in [1.807, 2.05) is 36.8 Å². The summed E-state index contributed by atoms with van der Waals surface area (Å²) in [6, 6.07) is 3.23. The molecule has 0 aliphatic carbocycles. The highest BCUT2D eigenvalue weighted by molar-refractivity contribution is 7.98. The number of aromatic amines is 1. The number of fused-ring (bicyclic) bond motifs is 1. The summed E-state index contributed by atoms with van der Waals surface area (Å²) in [5, 5.41) is 18.2. The number of carboxylic acids is 1. The van der Waals surface area contributed by atoms with Crippen LogP contribution in [0.3, 0.4) is 0 Å². The van der Waals surface area contributed by atoms with Crippen molar-refractivity contribution in [1.29, 1.82) is 0 Å². The average Bonchev–Trinajstić information content (AvgIpc) is 3.33. The highest BCUT2D eigenvalue weighted by Crippen LogP contribution is 2.19. The minimum Gasteiger partial charge on any atom is -0.480 e. The number of nitrogens with two attached hydrogens (primary N) is 2. The van der Waals surface area contributed by atoms with E-state index < -0.39 is 53.8 Å². The second kappa shape index (κ2) is 16.8. The van der Waals surface area contributed by atoms with Gasteiger partial charge >= 0.3 is 5.97 Å². The highest BCUT2D eigenvalue weighted by Gasteiger charge is 2.31. The molecule has 0 saturated heterocycles. The van der Waals surface area contributed by atoms with E-state index in [4.69, 9.17) is 11.5 Å². The Labute approximate surface area is 241 Å². The summed E-state index contributed by atoms with van der Waals surface area (Å²) in [5.41, 5.74) is 12.8. The van der Waals surface area contributed by atoms with E-state index >= 15 is 0 Å². The maximum Gasteiger partial charge on any atom is 0.326 e. The number of aliphatic carboxylic acids is 1. The zero-order valence-electron chi connectivity index (χ0n) is 22.6. The number of amides is 4. The molecule has 40 heavy (non-hydrogen) atoms. The van der Waals surface area contributed by atoms with Crippen LogP contribution in [0.2, 0.25) is 0 Å². The van der Waals surface area contributed by atoms with Gasteiger partial charge in [-0.15, -0.1) is 0 Å². The van der Waals surface area contributed by atoms with Crippen LogP contribution in [-0.4, -0.2) is 87.9 Å². The van der Waals surface area contributed by atoms with Crippen molar-refractivity contribution in [2.45, 2.75) is 56.3 Å². The van der Waals surface area contributed by atoms with Crippen LogP contribution in [0.1, 0.15) is 31.2 Å². The zero-order valence-corrected chi connectivity index (χ0v) is 24.2. The lowest BCUT2D eigenvalue weighted by Gasteiger charge is -2.25. The van der Waals surface area contributed by atoms with Gasteiger partial charge in [0.05, 0.1) is 6.04 Å². The van der Waals surface area contributed by atoms with Gasteiger partial charge in [0.1, 0.15) is 18.1 Å². The van der Waals surface area contributed by atoms with Gasteiger partial charge in [0.25, 0.3) is 0 Å². The number of rotatable bonds is 18. The summed E-state index contributed by atoms with van der Waals surface area (Å²) in [4.78, 5) is 65.4. The normalized spacial score (nSPS) is 14.1. The van der Waals surface area contributed by atoms with Crippen molar-refractivity contribution in [3.63, 3.8) is 0 Å². The van der Waals surface area contributed by atoms with Crippen molar-refractivity contribution in [3.8, 4) is 0 Å². The number of carbonyl (C=O) groups is 5. The molecule has 14 heteroatoms. The van der Waals surface area contributed by atoms with Gasteiger partial charge in [-0.25, -0.2) is 4.79 Å². The lowest BCUT2D eigenvalue weighted by molar-refractivity contribution is -0.142. The number of nitrogens with one attached hydrogen (secondary N) is 4. The second-order valence-electron chi connectivity index (χ2n) is 9.26. The van der Waals surface area contributed by atoms with Crippen molar-refractivity contribution in [1.82, 2.24) is 20.9 Å². The van der Waals surface area contributed by atoms with E-state index in [0.717, 1.165) is 16.5 Å². The van der Waals surface area contributed by atoms with Crippen LogP contribution in [0, 0.1) is 0 Å². The molecule has 4 amide bonds. The summed E-state index contributed by atoms with van der Waals surface area (Å²) in [5.74, 6) is -2.67. The molecule has 9 N–H and O–H groups in total. The number of carboxylic acid groups (broad SMARTS) is 1. The van der Waals surface area contributed by atoms with Crippen LogP contribution >= 0.6 is 23.5 Å². The Morgan fingerprint density at radius 2 is 1.48 bits per heavy atom. The fourth-order valence-electron chi connectivity index (χ4n) is 3.98. The highest BCUT2D eigenvalue weighted by atomic mass is 32.2. The van der Waals surface area contributed by atoms with Gasteiger partial charge in [0.2, 0.25) is 23.6 Å². The minimum absolute atomic E-state index is 0.129. The molecule has 220 valence electrons. The van der Waals surface area contributed by atoms with E-state index in [2.05, 4.69) is 20.9 Å². The predicted molar refractivity (Wildman–Crippen MR) is 158 cm³/mol. The number of aromatic nitrogens is 1. The Morgan fingerprint density at radius 3 is 2.12 bits per heavy atom. The monoisotopic (exact) mass is 594 g/mol. The molecule has 1 aromatic carbocycles. The third kappa shape index (κ3) is 10.4. The van der Waals surface area contributed by atoms with Gasteiger partial charge in [-0.05, 0) is 54.9 Å². The van der Waals surface area contributed by atoms with Crippen LogP contribution in [-0.2, 0) is 30.4 Å². The molecular formula is C26H38N6O6S2. The maximum atomic E-state index is 13.5. The smallest absolute Gasteiger partial charge is 0.326 e. The molecule has 4 atom stereocenters. The van der Waals surface area contributed by atoms with E-state index in [9.17, 15) is 29.1 Å². The lowest BCUT2D eigenvalue weighted by atomic mass is 10.0. The largest absolute Gasteiger partial charge is 0.480 e. The molecule has 0 aliphatic rings. The predicted octanol–water partition coefficient (Wildman–Crippen LogP) is 0.348. The number of carbonyl (C=O) groups excluding carboxylic acids is 4. The van der Waals surface area contributed by atoms with E-state index in [-0.39, 0.29) is 25.7 Å². The molecule has 0 aliphatic heterocycles. The summed E-state index contributed by atoms with van der Waals surface area (Å²) in [7, 11) is 0. The topological polar surface area (TPSA) is 209 Å². The van der Waals surface area contributed by atoms with E-state index in [1.54, 1.807) is 18.0 Å². The lowest BCUT2D eigenvalue weighted by Crippen LogP contribution is -2.57. The van der Waals surface area contributed by atoms with Crippen molar-refractivity contribution >= 4 is 64.0 Å². The SMILES string of the molecule is CSCCC(N)C(=O)NC(Cc1c[nH]c2ccccc12)C(=O)NC(CCSC)C(=O)NC(CCC(N)=O)C(=O)O. The molecule has 0 bridgehead atoms. The molecule has 0 fully saturated rings. The summed E-state index contributed by atoms with van der Waals surface area (Å²) < 4.78 is 0. The molecule has 4 unspecified atom stereocenters. The number of hydrogen-bond acceptors (Lipinski definition) is 8. The third-order valence-corrected chi connectivity index (χ3v) is 7.53. The first-order valence-electron chi connectivity index (χ1n) is 12.8. The summed E-state index contributed by atoms with van der Waals surface area (Å²) in [6.45, 7) is 0. The Kier molecular flexibility index (Phi) is 13.8. The molecule has 2 rings (SSSR count). The number of primary amides is 1. The third-order valence-electron chi connectivity index (χ3n) is 6.24. The van der Waals surface area contributed by atoms with Gasteiger partial charge in [0.15, 0.2) is 0 Å². The van der Waals surface area contributed by atoms with E-state index in [1.165, 1.54) is 11.8 Å². The fraction of sp³-hybridized carbons (Fsp3) is 0.500. The van der Waals surface area contributed by atoms with Gasteiger partial charge in [-0.2, -0.15) is 23.5 Å². The minimum atomic E-state index is -1.36. The molecule has 12 nitrogen and oxygen atoms in total. The molecule has 1 heterocycles. The van der Waals surface area contributed by atoms with Crippen LogP contribution in [0.5, 0.6) is 0 Å². The van der Waals surface area contributed by atoms with Crippen molar-refractivity contribution in [2.24, 2.45) is 11.5 Å². The van der Waals surface area contributed by atoms with Crippen molar-refractivity contribution in [3.05, 3.63) is 36.0 Å². The number of thioether (sulfide) groups is 2.